The topological polar surface area (TPSA) is 113 Å². The Morgan fingerprint density at radius 1 is 1.24 bits per heavy atom. The van der Waals surface area contributed by atoms with Gasteiger partial charge in [-0.25, -0.2) is 8.42 Å². The number of phenolic OH excluding ortho intramolecular Hbond substituents is 1. The maximum atomic E-state index is 13.0. The maximum Gasteiger partial charge on any atom is 0.310 e. The minimum absolute atomic E-state index is 0.0560. The van der Waals surface area contributed by atoms with E-state index in [0.717, 1.165) is 0 Å². The number of amides is 1. The van der Waals surface area contributed by atoms with Crippen molar-refractivity contribution in [3.05, 3.63) is 23.8 Å². The highest BCUT2D eigenvalue weighted by Crippen LogP contribution is 2.27. The van der Waals surface area contributed by atoms with E-state index in [0.29, 0.717) is 32.6 Å². The van der Waals surface area contributed by atoms with Crippen LogP contribution in [-0.2, 0) is 24.3 Å². The second kappa shape index (κ2) is 9.10. The number of esters is 1. The average Bonchev–Trinajstić information content (AvgIpc) is 2.74. The van der Waals surface area contributed by atoms with Crippen LogP contribution in [0, 0.1) is 5.92 Å². The predicted octanol–water partition coefficient (Wildman–Crippen LogP) is 0.828. The molecule has 3 rings (SSSR count). The SMILES string of the molecule is CCOC(=O)C1CCCN(C(=O)c2cc(S(=O)(=O)N3CCOCC3)ccc2O)C1. The summed E-state index contributed by atoms with van der Waals surface area (Å²) in [5.74, 6) is -1.57. The fraction of sp³-hybridized carbons (Fsp3) is 0.579. The van der Waals surface area contributed by atoms with Gasteiger partial charge in [-0.05, 0) is 38.0 Å². The molecule has 10 heteroatoms. The molecule has 0 bridgehead atoms. The van der Waals surface area contributed by atoms with Crippen molar-refractivity contribution in [3.8, 4) is 5.75 Å². The number of piperidine rings is 1. The monoisotopic (exact) mass is 426 g/mol. The summed E-state index contributed by atoms with van der Waals surface area (Å²) in [7, 11) is -3.80. The molecular formula is C19H26N2O7S. The van der Waals surface area contributed by atoms with Crippen molar-refractivity contribution in [1.82, 2.24) is 9.21 Å². The summed E-state index contributed by atoms with van der Waals surface area (Å²) in [6, 6.07) is 3.71. The Kier molecular flexibility index (Phi) is 6.76. The lowest BCUT2D eigenvalue weighted by molar-refractivity contribution is -0.149. The summed E-state index contributed by atoms with van der Waals surface area (Å²) in [4.78, 5) is 26.4. The standard InChI is InChI=1S/C19H26N2O7S/c1-2-28-19(24)14-4-3-7-20(13-14)18(23)16-12-15(5-6-17(16)22)29(25,26)21-8-10-27-11-9-21/h5-6,12,14,22H,2-4,7-11,13H2,1H3. The van der Waals surface area contributed by atoms with Crippen molar-refractivity contribution >= 4 is 21.9 Å². The third kappa shape index (κ3) is 4.71. The smallest absolute Gasteiger partial charge is 0.310 e. The van der Waals surface area contributed by atoms with Crippen molar-refractivity contribution in [2.45, 2.75) is 24.7 Å². The third-order valence-corrected chi connectivity index (χ3v) is 7.03. The summed E-state index contributed by atoms with van der Waals surface area (Å²) in [6.07, 6.45) is 1.25. The molecule has 1 aromatic carbocycles. The number of carbonyl (C=O) groups excluding carboxylic acids is 2. The Morgan fingerprint density at radius 2 is 1.97 bits per heavy atom. The largest absolute Gasteiger partial charge is 0.507 e. The number of carbonyl (C=O) groups is 2. The normalized spacial score (nSPS) is 21.0. The van der Waals surface area contributed by atoms with E-state index in [2.05, 4.69) is 0 Å². The lowest BCUT2D eigenvalue weighted by Crippen LogP contribution is -2.43. The van der Waals surface area contributed by atoms with Crippen LogP contribution in [0.25, 0.3) is 0 Å². The molecular weight excluding hydrogens is 400 g/mol. The van der Waals surface area contributed by atoms with E-state index >= 15 is 0 Å². The van der Waals surface area contributed by atoms with Crippen molar-refractivity contribution < 1.29 is 32.6 Å². The molecule has 9 nitrogen and oxygen atoms in total. The molecule has 2 fully saturated rings. The first kappa shape index (κ1) is 21.5. The van der Waals surface area contributed by atoms with E-state index in [1.807, 2.05) is 0 Å². The number of benzene rings is 1. The zero-order valence-electron chi connectivity index (χ0n) is 16.4. The number of hydrogen-bond acceptors (Lipinski definition) is 7. The number of ether oxygens (including phenoxy) is 2. The molecule has 0 spiro atoms. The van der Waals surface area contributed by atoms with Gasteiger partial charge < -0.3 is 19.5 Å². The van der Waals surface area contributed by atoms with Crippen molar-refractivity contribution in [1.29, 1.82) is 0 Å². The molecule has 0 radical (unpaired) electrons. The molecule has 1 atom stereocenters. The van der Waals surface area contributed by atoms with Crippen molar-refractivity contribution in [2.75, 3.05) is 46.0 Å². The summed E-state index contributed by atoms with van der Waals surface area (Å²) in [5.41, 5.74) is -0.0937. The highest BCUT2D eigenvalue weighted by molar-refractivity contribution is 7.89. The number of sulfonamides is 1. The molecule has 160 valence electrons. The van der Waals surface area contributed by atoms with E-state index in [4.69, 9.17) is 9.47 Å². The first-order valence-corrected chi connectivity index (χ1v) is 11.2. The van der Waals surface area contributed by atoms with Crippen LogP contribution in [0.3, 0.4) is 0 Å². The zero-order chi connectivity index (χ0) is 21.0. The van der Waals surface area contributed by atoms with Crippen LogP contribution in [0.5, 0.6) is 5.75 Å². The Labute approximate surface area is 170 Å². The molecule has 0 aliphatic carbocycles. The summed E-state index contributed by atoms with van der Waals surface area (Å²) < 4.78 is 37.3. The van der Waals surface area contributed by atoms with Crippen LogP contribution in [0.2, 0.25) is 0 Å². The average molecular weight is 426 g/mol. The van der Waals surface area contributed by atoms with Crippen LogP contribution in [0.1, 0.15) is 30.1 Å². The minimum Gasteiger partial charge on any atom is -0.507 e. The highest BCUT2D eigenvalue weighted by atomic mass is 32.2. The Morgan fingerprint density at radius 3 is 2.66 bits per heavy atom. The van der Waals surface area contributed by atoms with E-state index < -0.39 is 21.8 Å². The number of nitrogens with zero attached hydrogens (tertiary/aromatic N) is 2. The molecule has 2 aliphatic heterocycles. The third-order valence-electron chi connectivity index (χ3n) is 5.13. The fourth-order valence-electron chi connectivity index (χ4n) is 3.57. The molecule has 2 aliphatic rings. The van der Waals surface area contributed by atoms with Gasteiger partial charge in [0.1, 0.15) is 5.75 Å². The molecule has 1 amide bonds. The molecule has 1 aromatic rings. The predicted molar refractivity (Wildman–Crippen MR) is 103 cm³/mol. The Hall–Kier alpha value is -2.17. The van der Waals surface area contributed by atoms with E-state index in [-0.39, 0.29) is 48.4 Å². The molecule has 2 heterocycles. The quantitative estimate of drug-likeness (QED) is 0.694. The number of phenols is 1. The Bertz CT molecular complexity index is 865. The maximum absolute atomic E-state index is 13.0. The molecule has 2 saturated heterocycles. The number of aromatic hydroxyl groups is 1. The first-order valence-electron chi connectivity index (χ1n) is 9.71. The first-order chi connectivity index (χ1) is 13.8. The van der Waals surface area contributed by atoms with E-state index in [9.17, 15) is 23.1 Å². The van der Waals surface area contributed by atoms with E-state index in [1.54, 1.807) is 6.92 Å². The summed E-state index contributed by atoms with van der Waals surface area (Å²) in [5, 5.41) is 10.2. The molecule has 0 saturated carbocycles. The van der Waals surface area contributed by atoms with Gasteiger partial charge in [-0.15, -0.1) is 0 Å². The number of hydrogen-bond donors (Lipinski definition) is 1. The molecule has 0 aromatic heterocycles. The van der Waals surface area contributed by atoms with Gasteiger partial charge in [0.05, 0.1) is 36.2 Å². The van der Waals surface area contributed by atoms with Gasteiger partial charge >= 0.3 is 5.97 Å². The highest BCUT2D eigenvalue weighted by Gasteiger charge is 2.32. The van der Waals surface area contributed by atoms with Gasteiger partial charge in [-0.3, -0.25) is 9.59 Å². The Balaban J connectivity index is 1.82. The number of rotatable bonds is 5. The molecule has 1 N–H and O–H groups in total. The van der Waals surface area contributed by atoms with Crippen LogP contribution in [-0.4, -0.2) is 80.6 Å². The van der Waals surface area contributed by atoms with Gasteiger partial charge in [0, 0.05) is 26.2 Å². The van der Waals surface area contributed by atoms with Crippen LogP contribution >= 0.6 is 0 Å². The second-order valence-corrected chi connectivity index (χ2v) is 8.98. The van der Waals surface area contributed by atoms with E-state index in [1.165, 1.54) is 27.4 Å². The summed E-state index contributed by atoms with van der Waals surface area (Å²) >= 11 is 0. The van der Waals surface area contributed by atoms with Crippen LogP contribution in [0.4, 0.5) is 0 Å². The molecule has 1 unspecified atom stereocenters. The van der Waals surface area contributed by atoms with Crippen LogP contribution in [0.15, 0.2) is 23.1 Å². The van der Waals surface area contributed by atoms with Gasteiger partial charge in [0.2, 0.25) is 10.0 Å². The van der Waals surface area contributed by atoms with Gasteiger partial charge in [0.15, 0.2) is 0 Å². The van der Waals surface area contributed by atoms with Gasteiger partial charge in [-0.2, -0.15) is 4.31 Å². The minimum atomic E-state index is -3.80. The summed E-state index contributed by atoms with van der Waals surface area (Å²) in [6.45, 7) is 3.69. The lowest BCUT2D eigenvalue weighted by atomic mass is 9.97. The second-order valence-electron chi connectivity index (χ2n) is 7.04. The lowest BCUT2D eigenvalue weighted by Gasteiger charge is -2.32. The van der Waals surface area contributed by atoms with Crippen molar-refractivity contribution in [2.24, 2.45) is 5.92 Å². The zero-order valence-corrected chi connectivity index (χ0v) is 17.2. The number of likely N-dealkylation sites (tertiary alicyclic amines) is 1. The number of morpholine rings is 1. The van der Waals surface area contributed by atoms with Crippen molar-refractivity contribution in [3.63, 3.8) is 0 Å². The van der Waals surface area contributed by atoms with Gasteiger partial charge in [-0.1, -0.05) is 0 Å². The fourth-order valence-corrected chi connectivity index (χ4v) is 5.00. The van der Waals surface area contributed by atoms with Gasteiger partial charge in [0.25, 0.3) is 5.91 Å². The molecule has 29 heavy (non-hydrogen) atoms. The van der Waals surface area contributed by atoms with Crippen LogP contribution < -0.4 is 0 Å².